The smallest absolute Gasteiger partial charge is 0.255 e. The molecule has 0 aromatic heterocycles. The van der Waals surface area contributed by atoms with Gasteiger partial charge in [-0.15, -0.1) is 0 Å². The van der Waals surface area contributed by atoms with Crippen LogP contribution < -0.4 is 10.6 Å². The van der Waals surface area contributed by atoms with Gasteiger partial charge in [-0.1, -0.05) is 29.4 Å². The number of rotatable bonds is 3. The van der Waals surface area contributed by atoms with Gasteiger partial charge in [0.05, 0.1) is 17.5 Å². The average Bonchev–Trinajstić information content (AvgIpc) is 3.11. The number of aliphatic imine (C=N–C) groups is 1. The monoisotopic (exact) mass is 435 g/mol. The van der Waals surface area contributed by atoms with Crippen molar-refractivity contribution < 1.29 is 13.2 Å². The molecule has 0 aliphatic carbocycles. The quantitative estimate of drug-likeness (QED) is 0.769. The SMILES string of the molecule is Cc1ccc(NC(=O)c2ccc(NC3=N[C@@H]4CS(=O)(=O)C[C@@H]4S3)cc2)cc1Cl. The van der Waals surface area contributed by atoms with Crippen molar-refractivity contribution in [3.8, 4) is 0 Å². The summed E-state index contributed by atoms with van der Waals surface area (Å²) in [5.74, 6) is 0.0794. The van der Waals surface area contributed by atoms with Gasteiger partial charge < -0.3 is 10.6 Å². The second-order valence-electron chi connectivity index (χ2n) is 6.86. The van der Waals surface area contributed by atoms with Crippen molar-refractivity contribution in [2.75, 3.05) is 22.1 Å². The Bertz CT molecular complexity index is 1070. The number of carbonyl (C=O) groups excluding carboxylic acids is 1. The summed E-state index contributed by atoms with van der Waals surface area (Å²) in [7, 11) is -2.96. The molecular weight excluding hydrogens is 418 g/mol. The first-order valence-electron chi connectivity index (χ1n) is 8.68. The number of anilines is 2. The van der Waals surface area contributed by atoms with Crippen LogP contribution >= 0.6 is 23.4 Å². The van der Waals surface area contributed by atoms with Gasteiger partial charge in [0.25, 0.3) is 5.91 Å². The van der Waals surface area contributed by atoms with E-state index in [0.29, 0.717) is 16.3 Å². The number of nitrogens with one attached hydrogen (secondary N) is 2. The van der Waals surface area contributed by atoms with Crippen LogP contribution in [-0.4, -0.2) is 42.3 Å². The highest BCUT2D eigenvalue weighted by Gasteiger charge is 2.42. The number of aryl methyl sites for hydroxylation is 1. The first kappa shape index (κ1) is 19.3. The van der Waals surface area contributed by atoms with Crippen molar-refractivity contribution in [1.82, 2.24) is 0 Å². The molecule has 146 valence electrons. The van der Waals surface area contributed by atoms with E-state index in [4.69, 9.17) is 11.6 Å². The zero-order valence-electron chi connectivity index (χ0n) is 15.0. The summed E-state index contributed by atoms with van der Waals surface area (Å²) >= 11 is 7.55. The molecule has 2 aliphatic rings. The molecule has 9 heteroatoms. The van der Waals surface area contributed by atoms with Crippen molar-refractivity contribution >= 4 is 55.6 Å². The summed E-state index contributed by atoms with van der Waals surface area (Å²) < 4.78 is 23.3. The molecule has 4 rings (SSSR count). The Morgan fingerprint density at radius 2 is 1.86 bits per heavy atom. The van der Waals surface area contributed by atoms with Gasteiger partial charge in [0.2, 0.25) is 0 Å². The van der Waals surface area contributed by atoms with Crippen molar-refractivity contribution in [3.63, 3.8) is 0 Å². The van der Waals surface area contributed by atoms with Crippen LogP contribution in [0.25, 0.3) is 0 Å². The number of amides is 1. The summed E-state index contributed by atoms with van der Waals surface area (Å²) in [5.41, 5.74) is 2.90. The molecule has 2 aliphatic heterocycles. The predicted molar refractivity (Wildman–Crippen MR) is 115 cm³/mol. The van der Waals surface area contributed by atoms with Crippen molar-refractivity contribution in [2.24, 2.45) is 4.99 Å². The van der Waals surface area contributed by atoms with Crippen LogP contribution in [0.1, 0.15) is 15.9 Å². The lowest BCUT2D eigenvalue weighted by Gasteiger charge is -2.09. The summed E-state index contributed by atoms with van der Waals surface area (Å²) in [6.07, 6.45) is 0. The second-order valence-corrected chi connectivity index (χ2v) is 10.6. The molecule has 1 saturated heterocycles. The third-order valence-electron chi connectivity index (χ3n) is 4.65. The van der Waals surface area contributed by atoms with Crippen LogP contribution in [0.15, 0.2) is 47.5 Å². The highest BCUT2D eigenvalue weighted by atomic mass is 35.5. The molecule has 1 amide bonds. The minimum atomic E-state index is -2.96. The third-order valence-corrected chi connectivity index (χ3v) is 8.20. The average molecular weight is 436 g/mol. The highest BCUT2D eigenvalue weighted by molar-refractivity contribution is 8.15. The number of benzene rings is 2. The molecule has 2 heterocycles. The van der Waals surface area contributed by atoms with Gasteiger partial charge in [-0.2, -0.15) is 0 Å². The van der Waals surface area contributed by atoms with Gasteiger partial charge in [-0.05, 0) is 48.9 Å². The standard InChI is InChI=1S/C19H18ClN3O3S2/c1-11-2-5-14(8-15(11)20)21-18(24)12-3-6-13(7-4-12)22-19-23-16-9-28(25,26)10-17(16)27-19/h2-8,16-17H,9-10H2,1H3,(H,21,24)(H,22,23)/t16-,17+/m1/s1. The maximum Gasteiger partial charge on any atom is 0.255 e. The highest BCUT2D eigenvalue weighted by Crippen LogP contribution is 2.34. The van der Waals surface area contributed by atoms with Crippen LogP contribution in [0.4, 0.5) is 11.4 Å². The fourth-order valence-corrected chi connectivity index (χ4v) is 6.97. The maximum absolute atomic E-state index is 12.4. The van der Waals surface area contributed by atoms with Crippen molar-refractivity contribution in [1.29, 1.82) is 0 Å². The minimum Gasteiger partial charge on any atom is -0.335 e. The second kappa shape index (κ2) is 7.42. The Hall–Kier alpha value is -2.03. The summed E-state index contributed by atoms with van der Waals surface area (Å²) in [5, 5.41) is 7.34. The molecular formula is C19H18ClN3O3S2. The first-order chi connectivity index (χ1) is 13.3. The zero-order valence-corrected chi connectivity index (χ0v) is 17.4. The van der Waals surface area contributed by atoms with Crippen LogP contribution in [0.5, 0.6) is 0 Å². The van der Waals surface area contributed by atoms with Gasteiger partial charge in [0.1, 0.15) is 0 Å². The van der Waals surface area contributed by atoms with E-state index in [1.165, 1.54) is 11.8 Å². The number of fused-ring (bicyclic) bond motifs is 1. The van der Waals surface area contributed by atoms with Crippen molar-refractivity contribution in [2.45, 2.75) is 18.2 Å². The van der Waals surface area contributed by atoms with Gasteiger partial charge in [0.15, 0.2) is 15.0 Å². The number of halogens is 1. The minimum absolute atomic E-state index is 0.00103. The van der Waals surface area contributed by atoms with Gasteiger partial charge in [0, 0.05) is 27.2 Å². The molecule has 0 spiro atoms. The first-order valence-corrected chi connectivity index (χ1v) is 11.8. The molecule has 2 aromatic rings. The molecule has 0 unspecified atom stereocenters. The van der Waals surface area contributed by atoms with Crippen LogP contribution in [-0.2, 0) is 9.84 Å². The molecule has 1 fully saturated rings. The molecule has 2 atom stereocenters. The number of nitrogens with zero attached hydrogens (tertiary/aromatic N) is 1. The predicted octanol–water partition coefficient (Wildman–Crippen LogP) is 3.58. The van der Waals surface area contributed by atoms with Gasteiger partial charge in [-0.25, -0.2) is 8.42 Å². The largest absolute Gasteiger partial charge is 0.335 e. The molecule has 28 heavy (non-hydrogen) atoms. The lowest BCUT2D eigenvalue weighted by atomic mass is 10.1. The lowest BCUT2D eigenvalue weighted by Crippen LogP contribution is -2.13. The van der Waals surface area contributed by atoms with Crippen LogP contribution in [0.2, 0.25) is 5.02 Å². The van der Waals surface area contributed by atoms with E-state index in [1.807, 2.05) is 19.1 Å². The molecule has 0 saturated carbocycles. The molecule has 0 bridgehead atoms. The van der Waals surface area contributed by atoms with E-state index < -0.39 is 9.84 Å². The number of thioether (sulfide) groups is 1. The van der Waals surface area contributed by atoms with Crippen molar-refractivity contribution in [3.05, 3.63) is 58.6 Å². The van der Waals surface area contributed by atoms with Crippen LogP contribution in [0.3, 0.4) is 0 Å². The van der Waals surface area contributed by atoms with E-state index in [9.17, 15) is 13.2 Å². The summed E-state index contributed by atoms with van der Waals surface area (Å²) in [6, 6.07) is 12.3. The Kier molecular flexibility index (Phi) is 5.11. The third kappa shape index (κ3) is 4.19. The number of hydrogen-bond donors (Lipinski definition) is 2. The fraction of sp³-hybridized carbons (Fsp3) is 0.263. The number of sulfone groups is 1. The molecule has 2 N–H and O–H groups in total. The Morgan fingerprint density at radius 1 is 1.14 bits per heavy atom. The topological polar surface area (TPSA) is 87.6 Å². The zero-order chi connectivity index (χ0) is 19.9. The fourth-order valence-electron chi connectivity index (χ4n) is 3.12. The summed E-state index contributed by atoms with van der Waals surface area (Å²) in [6.45, 7) is 1.90. The molecule has 2 aromatic carbocycles. The van der Waals surface area contributed by atoms with E-state index in [-0.39, 0.29) is 28.7 Å². The Labute approximate surface area is 172 Å². The van der Waals surface area contributed by atoms with E-state index in [2.05, 4.69) is 15.6 Å². The molecule has 6 nitrogen and oxygen atoms in total. The number of amidine groups is 1. The van der Waals surface area contributed by atoms with E-state index in [1.54, 1.807) is 30.3 Å². The Balaban J connectivity index is 1.39. The number of hydrogen-bond acceptors (Lipinski definition) is 6. The molecule has 0 radical (unpaired) electrons. The van der Waals surface area contributed by atoms with Gasteiger partial charge in [-0.3, -0.25) is 9.79 Å². The Morgan fingerprint density at radius 3 is 2.54 bits per heavy atom. The normalized spacial score (nSPS) is 22.4. The summed E-state index contributed by atoms with van der Waals surface area (Å²) in [4.78, 5) is 16.9. The number of carbonyl (C=O) groups is 1. The van der Waals surface area contributed by atoms with E-state index in [0.717, 1.165) is 16.4 Å². The maximum atomic E-state index is 12.4. The lowest BCUT2D eigenvalue weighted by molar-refractivity contribution is 0.102. The van der Waals surface area contributed by atoms with E-state index >= 15 is 0 Å². The van der Waals surface area contributed by atoms with Crippen LogP contribution in [0, 0.1) is 6.92 Å². The van der Waals surface area contributed by atoms with Gasteiger partial charge >= 0.3 is 0 Å².